The number of carbonyl (C=O) groups is 2. The van der Waals surface area contributed by atoms with Crippen molar-refractivity contribution in [2.24, 2.45) is 16.9 Å². The van der Waals surface area contributed by atoms with Crippen LogP contribution in [0.5, 0.6) is 0 Å². The number of hydrogen-bond donors (Lipinski definition) is 2. The van der Waals surface area contributed by atoms with E-state index in [0.29, 0.717) is 13.0 Å². The van der Waals surface area contributed by atoms with E-state index in [2.05, 4.69) is 0 Å². The first-order chi connectivity index (χ1) is 8.18. The average molecular weight is 257 g/mol. The van der Waals surface area contributed by atoms with E-state index in [0.717, 1.165) is 0 Å². The van der Waals surface area contributed by atoms with Crippen molar-refractivity contribution in [3.63, 3.8) is 0 Å². The maximum atomic E-state index is 12.3. The van der Waals surface area contributed by atoms with E-state index < -0.39 is 18.0 Å². The molecule has 1 heterocycles. The molecule has 0 saturated carbocycles. The fourth-order valence-corrected chi connectivity index (χ4v) is 2.03. The van der Waals surface area contributed by atoms with Gasteiger partial charge in [0.05, 0.1) is 12.1 Å². The molecular weight excluding hydrogens is 234 g/mol. The molecule has 2 amide bonds. The Balaban J connectivity index is 2.86. The fraction of sp³-hybridized carbons (Fsp3) is 0.833. The maximum absolute atomic E-state index is 12.3. The number of nitrogens with zero attached hydrogens (tertiary/aromatic N) is 1. The molecule has 0 spiro atoms. The third-order valence-electron chi connectivity index (χ3n) is 3.41. The number of nitrogens with two attached hydrogens (primary N) is 2. The van der Waals surface area contributed by atoms with Gasteiger partial charge in [0.15, 0.2) is 0 Å². The van der Waals surface area contributed by atoms with Gasteiger partial charge < -0.3 is 21.1 Å². The van der Waals surface area contributed by atoms with Gasteiger partial charge in [0, 0.05) is 20.1 Å². The zero-order valence-electron chi connectivity index (χ0n) is 11.5. The normalized spacial score (nSPS) is 26.2. The van der Waals surface area contributed by atoms with Crippen molar-refractivity contribution in [3.05, 3.63) is 0 Å². The highest BCUT2D eigenvalue weighted by Gasteiger charge is 2.42. The molecule has 4 N–H and O–H groups in total. The molecule has 0 bridgehead atoms. The average Bonchev–Trinajstić information content (AvgIpc) is 2.69. The summed E-state index contributed by atoms with van der Waals surface area (Å²) in [5.41, 5.74) is 10.9. The van der Waals surface area contributed by atoms with Crippen molar-refractivity contribution in [1.29, 1.82) is 0 Å². The first-order valence-electron chi connectivity index (χ1n) is 6.06. The van der Waals surface area contributed by atoms with Crippen molar-refractivity contribution in [3.8, 4) is 0 Å². The summed E-state index contributed by atoms with van der Waals surface area (Å²) in [6, 6.07) is -1.27. The van der Waals surface area contributed by atoms with E-state index in [4.69, 9.17) is 16.2 Å². The minimum atomic E-state index is -0.657. The predicted octanol–water partition coefficient (Wildman–Crippen LogP) is -0.539. The molecule has 0 aromatic carbocycles. The lowest BCUT2D eigenvalue weighted by Crippen LogP contribution is -2.54. The number of methoxy groups -OCH3 is 1. The summed E-state index contributed by atoms with van der Waals surface area (Å²) in [6.07, 6.45) is 0.285. The van der Waals surface area contributed by atoms with Gasteiger partial charge in [-0.05, 0) is 5.41 Å². The molecular formula is C12H23N3O3. The van der Waals surface area contributed by atoms with E-state index in [1.807, 2.05) is 20.8 Å². The van der Waals surface area contributed by atoms with Gasteiger partial charge >= 0.3 is 0 Å². The van der Waals surface area contributed by atoms with Crippen LogP contribution in [0.2, 0.25) is 0 Å². The summed E-state index contributed by atoms with van der Waals surface area (Å²) in [5.74, 6) is -0.755. The van der Waals surface area contributed by atoms with Gasteiger partial charge in [-0.25, -0.2) is 0 Å². The molecule has 0 aromatic rings. The molecule has 1 fully saturated rings. The molecule has 0 aromatic heterocycles. The predicted molar refractivity (Wildman–Crippen MR) is 67.5 cm³/mol. The molecule has 3 atom stereocenters. The molecule has 18 heavy (non-hydrogen) atoms. The molecule has 6 nitrogen and oxygen atoms in total. The number of hydrogen-bond acceptors (Lipinski definition) is 4. The van der Waals surface area contributed by atoms with E-state index in [1.54, 1.807) is 7.11 Å². The molecule has 1 saturated heterocycles. The smallest absolute Gasteiger partial charge is 0.240 e. The molecule has 0 radical (unpaired) electrons. The maximum Gasteiger partial charge on any atom is 0.240 e. The number of rotatable bonds is 3. The Labute approximate surface area is 108 Å². The van der Waals surface area contributed by atoms with Crippen molar-refractivity contribution in [2.75, 3.05) is 13.7 Å². The van der Waals surface area contributed by atoms with Crippen LogP contribution in [0.4, 0.5) is 0 Å². The lowest BCUT2D eigenvalue weighted by molar-refractivity contribution is -0.140. The standard InChI is InChI=1S/C12H23N3O3/c1-12(2,3)9(13)11(17)15-6-7(18-4)5-8(15)10(14)16/h7-9H,5-6,13H2,1-4H3,(H2,14,16)/t7-,8+,9-/m1/s1. The Morgan fingerprint density at radius 3 is 2.33 bits per heavy atom. The van der Waals surface area contributed by atoms with Gasteiger partial charge in [0.1, 0.15) is 6.04 Å². The van der Waals surface area contributed by atoms with Crippen LogP contribution in [0.15, 0.2) is 0 Å². The van der Waals surface area contributed by atoms with E-state index in [1.165, 1.54) is 4.90 Å². The van der Waals surface area contributed by atoms with Gasteiger partial charge in [-0.2, -0.15) is 0 Å². The lowest BCUT2D eigenvalue weighted by atomic mass is 9.86. The fourth-order valence-electron chi connectivity index (χ4n) is 2.03. The highest BCUT2D eigenvalue weighted by atomic mass is 16.5. The third-order valence-corrected chi connectivity index (χ3v) is 3.41. The number of carbonyl (C=O) groups excluding carboxylic acids is 2. The molecule has 0 aliphatic carbocycles. The lowest BCUT2D eigenvalue weighted by Gasteiger charge is -2.31. The summed E-state index contributed by atoms with van der Waals surface area (Å²) >= 11 is 0. The van der Waals surface area contributed by atoms with Crippen LogP contribution in [-0.4, -0.2) is 48.6 Å². The Hall–Kier alpha value is -1.14. The van der Waals surface area contributed by atoms with Crippen LogP contribution in [0.3, 0.4) is 0 Å². The number of primary amides is 1. The summed E-state index contributed by atoms with van der Waals surface area (Å²) in [5, 5.41) is 0. The summed E-state index contributed by atoms with van der Waals surface area (Å²) < 4.78 is 5.19. The van der Waals surface area contributed by atoms with Crippen molar-refractivity contribution in [2.45, 2.75) is 45.4 Å². The zero-order chi connectivity index (χ0) is 14.1. The topological polar surface area (TPSA) is 98.6 Å². The highest BCUT2D eigenvalue weighted by Crippen LogP contribution is 2.25. The van der Waals surface area contributed by atoms with E-state index in [9.17, 15) is 9.59 Å². The summed E-state index contributed by atoms with van der Waals surface area (Å²) in [4.78, 5) is 25.1. The molecule has 1 aliphatic heterocycles. The third kappa shape index (κ3) is 3.00. The Kier molecular flexibility index (Phi) is 4.34. The number of amides is 2. The monoisotopic (exact) mass is 257 g/mol. The molecule has 104 valence electrons. The second kappa shape index (κ2) is 5.24. The van der Waals surface area contributed by atoms with E-state index >= 15 is 0 Å². The van der Waals surface area contributed by atoms with Gasteiger partial charge in [0.2, 0.25) is 11.8 Å². The van der Waals surface area contributed by atoms with Gasteiger partial charge in [-0.15, -0.1) is 0 Å². The summed E-state index contributed by atoms with van der Waals surface area (Å²) in [6.45, 7) is 6.03. The van der Waals surface area contributed by atoms with Crippen molar-refractivity contribution in [1.82, 2.24) is 4.90 Å². The quantitative estimate of drug-likeness (QED) is 0.709. The first-order valence-corrected chi connectivity index (χ1v) is 6.06. The van der Waals surface area contributed by atoms with Gasteiger partial charge in [0.25, 0.3) is 0 Å². The van der Waals surface area contributed by atoms with Crippen LogP contribution < -0.4 is 11.5 Å². The number of likely N-dealkylation sites (tertiary alicyclic amines) is 1. The van der Waals surface area contributed by atoms with Crippen LogP contribution in [0, 0.1) is 5.41 Å². The van der Waals surface area contributed by atoms with Gasteiger partial charge in [-0.3, -0.25) is 9.59 Å². The SMILES string of the molecule is CO[C@@H]1C[C@@H](C(N)=O)N(C(=O)[C@@H](N)C(C)(C)C)C1. The minimum absolute atomic E-state index is 0.154. The van der Waals surface area contributed by atoms with Gasteiger partial charge in [-0.1, -0.05) is 20.8 Å². The van der Waals surface area contributed by atoms with Crippen LogP contribution in [0.1, 0.15) is 27.2 Å². The minimum Gasteiger partial charge on any atom is -0.380 e. The summed E-state index contributed by atoms with van der Waals surface area (Å²) in [7, 11) is 1.56. The Morgan fingerprint density at radius 1 is 1.39 bits per heavy atom. The molecule has 1 aliphatic rings. The van der Waals surface area contributed by atoms with Crippen LogP contribution >= 0.6 is 0 Å². The largest absolute Gasteiger partial charge is 0.380 e. The second-order valence-electron chi connectivity index (χ2n) is 5.85. The second-order valence-corrected chi connectivity index (χ2v) is 5.85. The van der Waals surface area contributed by atoms with Crippen LogP contribution in [-0.2, 0) is 14.3 Å². The first kappa shape index (κ1) is 14.9. The van der Waals surface area contributed by atoms with Crippen molar-refractivity contribution >= 4 is 11.8 Å². The van der Waals surface area contributed by atoms with E-state index in [-0.39, 0.29) is 17.4 Å². The molecule has 1 rings (SSSR count). The van der Waals surface area contributed by atoms with Crippen molar-refractivity contribution < 1.29 is 14.3 Å². The zero-order valence-corrected chi connectivity index (χ0v) is 11.5. The highest BCUT2D eigenvalue weighted by molar-refractivity contribution is 5.90. The van der Waals surface area contributed by atoms with Crippen LogP contribution in [0.25, 0.3) is 0 Å². The molecule has 0 unspecified atom stereocenters. The Bertz CT molecular complexity index is 338. The molecule has 6 heteroatoms. The Morgan fingerprint density at radius 2 is 1.94 bits per heavy atom. The number of ether oxygens (including phenoxy) is 1.